The Bertz CT molecular complexity index is 344. The molecule has 0 radical (unpaired) electrons. The van der Waals surface area contributed by atoms with Gasteiger partial charge in [-0.1, -0.05) is 6.08 Å². The van der Waals surface area contributed by atoms with Gasteiger partial charge in [-0.05, 0) is 26.9 Å². The summed E-state index contributed by atoms with van der Waals surface area (Å²) in [6.07, 6.45) is 3.50. The second kappa shape index (κ2) is 7.13. The second-order valence-corrected chi connectivity index (χ2v) is 5.10. The Morgan fingerprint density at radius 1 is 1.47 bits per heavy atom. The van der Waals surface area contributed by atoms with Crippen molar-refractivity contribution in [1.29, 1.82) is 0 Å². The Morgan fingerprint density at radius 3 is 2.68 bits per heavy atom. The zero-order chi connectivity index (χ0) is 14.4. The van der Waals surface area contributed by atoms with Gasteiger partial charge in [-0.15, -0.1) is 6.58 Å². The molecule has 6 heteroatoms. The molecule has 0 aromatic heterocycles. The van der Waals surface area contributed by atoms with Crippen molar-refractivity contribution in [2.45, 2.75) is 18.9 Å². The summed E-state index contributed by atoms with van der Waals surface area (Å²) in [5.41, 5.74) is 0. The number of likely N-dealkylation sites (N-methyl/N-ethyl adjacent to an activating group) is 1. The van der Waals surface area contributed by atoms with Gasteiger partial charge in [0.2, 0.25) is 0 Å². The molecule has 1 saturated heterocycles. The highest BCUT2D eigenvalue weighted by Gasteiger charge is 2.32. The van der Waals surface area contributed by atoms with Crippen LogP contribution in [0.1, 0.15) is 12.8 Å². The average molecular weight is 269 g/mol. The minimum atomic E-state index is -1.00. The van der Waals surface area contributed by atoms with E-state index in [-0.39, 0.29) is 25.2 Å². The van der Waals surface area contributed by atoms with E-state index in [2.05, 4.69) is 6.58 Å². The Hall–Kier alpha value is -1.56. The number of carboxylic acid groups (broad SMARTS) is 1. The fraction of sp³-hybridized carbons (Fsp3) is 0.692. The molecule has 1 N–H and O–H groups in total. The van der Waals surface area contributed by atoms with Crippen molar-refractivity contribution in [2.24, 2.45) is 0 Å². The van der Waals surface area contributed by atoms with Gasteiger partial charge in [0.1, 0.15) is 6.54 Å². The molecule has 0 aromatic rings. The molecule has 0 saturated carbocycles. The zero-order valence-electron chi connectivity index (χ0n) is 11.7. The van der Waals surface area contributed by atoms with Crippen molar-refractivity contribution in [3.63, 3.8) is 0 Å². The number of rotatable bonds is 6. The van der Waals surface area contributed by atoms with E-state index in [1.54, 1.807) is 11.0 Å². The maximum atomic E-state index is 12.4. The fourth-order valence-corrected chi connectivity index (χ4v) is 2.41. The molecule has 1 heterocycles. The number of carbonyl (C=O) groups excluding carboxylic acids is 1. The van der Waals surface area contributed by atoms with E-state index in [9.17, 15) is 9.59 Å². The van der Waals surface area contributed by atoms with Crippen LogP contribution in [0, 0.1) is 0 Å². The number of amides is 2. The summed E-state index contributed by atoms with van der Waals surface area (Å²) >= 11 is 0. The summed E-state index contributed by atoms with van der Waals surface area (Å²) in [5.74, 6) is -1.00. The van der Waals surface area contributed by atoms with Gasteiger partial charge in [0.15, 0.2) is 0 Å². The van der Waals surface area contributed by atoms with Gasteiger partial charge < -0.3 is 19.8 Å². The van der Waals surface area contributed by atoms with Gasteiger partial charge in [-0.3, -0.25) is 4.79 Å². The predicted molar refractivity (Wildman–Crippen MR) is 73.1 cm³/mol. The second-order valence-electron chi connectivity index (χ2n) is 5.10. The molecule has 0 aromatic carbocycles. The molecule has 19 heavy (non-hydrogen) atoms. The summed E-state index contributed by atoms with van der Waals surface area (Å²) in [6.45, 7) is 5.05. The molecule has 1 fully saturated rings. The van der Waals surface area contributed by atoms with E-state index in [0.29, 0.717) is 6.54 Å². The molecular formula is C13H23N3O3. The van der Waals surface area contributed by atoms with Crippen LogP contribution in [0.15, 0.2) is 12.7 Å². The van der Waals surface area contributed by atoms with Crippen LogP contribution in [0.4, 0.5) is 4.79 Å². The first-order chi connectivity index (χ1) is 8.95. The first-order valence-corrected chi connectivity index (χ1v) is 6.48. The molecule has 0 spiro atoms. The maximum Gasteiger partial charge on any atom is 0.323 e. The normalized spacial score (nSPS) is 18.7. The molecule has 0 bridgehead atoms. The molecule has 6 nitrogen and oxygen atoms in total. The van der Waals surface area contributed by atoms with Gasteiger partial charge in [0.05, 0.1) is 0 Å². The number of aliphatic carboxylic acids is 1. The van der Waals surface area contributed by atoms with E-state index < -0.39 is 5.97 Å². The molecule has 1 rings (SSSR count). The van der Waals surface area contributed by atoms with Crippen LogP contribution >= 0.6 is 0 Å². The minimum absolute atomic E-state index is 0.170. The highest BCUT2D eigenvalue weighted by atomic mass is 16.4. The summed E-state index contributed by atoms with van der Waals surface area (Å²) < 4.78 is 0. The topological polar surface area (TPSA) is 64.1 Å². The van der Waals surface area contributed by atoms with Crippen molar-refractivity contribution in [3.05, 3.63) is 12.7 Å². The van der Waals surface area contributed by atoms with E-state index in [4.69, 9.17) is 5.11 Å². The molecule has 2 amide bonds. The van der Waals surface area contributed by atoms with Gasteiger partial charge in [-0.2, -0.15) is 0 Å². The number of carboxylic acids is 1. The molecule has 108 valence electrons. The highest BCUT2D eigenvalue weighted by molar-refractivity contribution is 5.80. The lowest BCUT2D eigenvalue weighted by atomic mass is 10.2. The number of urea groups is 1. The van der Waals surface area contributed by atoms with E-state index in [0.717, 1.165) is 19.4 Å². The predicted octanol–water partition coefficient (Wildman–Crippen LogP) is 0.705. The van der Waals surface area contributed by atoms with Crippen molar-refractivity contribution >= 4 is 12.0 Å². The van der Waals surface area contributed by atoms with E-state index >= 15 is 0 Å². The third kappa shape index (κ3) is 4.55. The fourth-order valence-electron chi connectivity index (χ4n) is 2.41. The number of carbonyl (C=O) groups is 2. The number of likely N-dealkylation sites (tertiary alicyclic amines) is 1. The summed E-state index contributed by atoms with van der Waals surface area (Å²) in [5, 5.41) is 8.86. The molecule has 1 aliphatic heterocycles. The van der Waals surface area contributed by atoms with Crippen molar-refractivity contribution in [3.8, 4) is 0 Å². The molecule has 1 aliphatic rings. The lowest BCUT2D eigenvalue weighted by molar-refractivity contribution is -0.137. The first-order valence-electron chi connectivity index (χ1n) is 6.48. The van der Waals surface area contributed by atoms with Crippen LogP contribution in [0.2, 0.25) is 0 Å². The Labute approximate surface area is 114 Å². The van der Waals surface area contributed by atoms with Crippen LogP contribution in [0.25, 0.3) is 0 Å². The number of hydrogen-bond acceptors (Lipinski definition) is 3. The monoisotopic (exact) mass is 269 g/mol. The van der Waals surface area contributed by atoms with Gasteiger partial charge in [0.25, 0.3) is 0 Å². The number of hydrogen-bond donors (Lipinski definition) is 1. The Balaban J connectivity index is 2.71. The smallest absolute Gasteiger partial charge is 0.323 e. The summed E-state index contributed by atoms with van der Waals surface area (Å²) in [4.78, 5) is 28.3. The quantitative estimate of drug-likeness (QED) is 0.721. The lowest BCUT2D eigenvalue weighted by Gasteiger charge is -2.31. The lowest BCUT2D eigenvalue weighted by Crippen LogP contribution is -2.49. The molecule has 0 aliphatic carbocycles. The van der Waals surface area contributed by atoms with Crippen LogP contribution in [0.5, 0.6) is 0 Å². The van der Waals surface area contributed by atoms with Crippen LogP contribution in [-0.2, 0) is 4.79 Å². The molecular weight excluding hydrogens is 246 g/mol. The largest absolute Gasteiger partial charge is 0.480 e. The Kier molecular flexibility index (Phi) is 5.82. The maximum absolute atomic E-state index is 12.4. The van der Waals surface area contributed by atoms with E-state index in [1.807, 2.05) is 19.0 Å². The van der Waals surface area contributed by atoms with Crippen molar-refractivity contribution < 1.29 is 14.7 Å². The molecule has 1 atom stereocenters. The van der Waals surface area contributed by atoms with Crippen LogP contribution < -0.4 is 0 Å². The van der Waals surface area contributed by atoms with Gasteiger partial charge >= 0.3 is 12.0 Å². The SMILES string of the molecule is C=CCN(CC(=O)O)C(=O)N1CCCC1CN(C)C. The summed E-state index contributed by atoms with van der Waals surface area (Å²) in [6, 6.07) is -0.0322. The van der Waals surface area contributed by atoms with Crippen LogP contribution in [-0.4, -0.2) is 78.1 Å². The first kappa shape index (κ1) is 15.5. The van der Waals surface area contributed by atoms with Crippen molar-refractivity contribution in [1.82, 2.24) is 14.7 Å². The van der Waals surface area contributed by atoms with Gasteiger partial charge in [-0.25, -0.2) is 4.79 Å². The zero-order valence-corrected chi connectivity index (χ0v) is 11.7. The third-order valence-electron chi connectivity index (χ3n) is 3.14. The van der Waals surface area contributed by atoms with E-state index in [1.165, 1.54) is 4.90 Å². The number of nitrogens with zero attached hydrogens (tertiary/aromatic N) is 3. The minimum Gasteiger partial charge on any atom is -0.480 e. The summed E-state index contributed by atoms with van der Waals surface area (Å²) in [7, 11) is 3.94. The highest BCUT2D eigenvalue weighted by Crippen LogP contribution is 2.19. The standard InChI is InChI=1S/C13H23N3O3/c1-4-7-15(10-12(17)18)13(19)16-8-5-6-11(16)9-14(2)3/h4,11H,1,5-10H2,2-3H3,(H,17,18). The average Bonchev–Trinajstić information content (AvgIpc) is 2.74. The van der Waals surface area contributed by atoms with Crippen LogP contribution in [0.3, 0.4) is 0 Å². The molecule has 1 unspecified atom stereocenters. The third-order valence-corrected chi connectivity index (χ3v) is 3.14. The van der Waals surface area contributed by atoms with Crippen molar-refractivity contribution in [2.75, 3.05) is 40.3 Å². The Morgan fingerprint density at radius 2 is 2.16 bits per heavy atom. The van der Waals surface area contributed by atoms with Gasteiger partial charge in [0, 0.05) is 25.7 Å².